The second-order valence-corrected chi connectivity index (χ2v) is 3.75. The highest BCUT2D eigenvalue weighted by molar-refractivity contribution is 6.00. The van der Waals surface area contributed by atoms with Crippen molar-refractivity contribution < 1.29 is 19.1 Å². The number of aldehydes is 3. The predicted molar refractivity (Wildman–Crippen MR) is 69.1 cm³/mol. The molecule has 0 aromatic heterocycles. The minimum Gasteiger partial charge on any atom is -0.457 e. The average molecular weight is 254 g/mol. The standard InChI is InChI=1S/C15H10O4/c16-8-11-6-7-15(14(10-18)13(11)9-17)19-12-4-2-1-3-5-12/h1-10H. The molecule has 0 heterocycles. The molecule has 0 spiro atoms. The zero-order chi connectivity index (χ0) is 13.7. The molecule has 0 N–H and O–H groups in total. The van der Waals surface area contributed by atoms with Gasteiger partial charge in [0.1, 0.15) is 11.5 Å². The van der Waals surface area contributed by atoms with Crippen LogP contribution in [0.25, 0.3) is 0 Å². The first-order valence-electron chi connectivity index (χ1n) is 5.55. The normalized spacial score (nSPS) is 9.68. The molecule has 4 nitrogen and oxygen atoms in total. The third-order valence-corrected chi connectivity index (χ3v) is 2.61. The highest BCUT2D eigenvalue weighted by atomic mass is 16.5. The fourth-order valence-electron chi connectivity index (χ4n) is 1.69. The van der Waals surface area contributed by atoms with Gasteiger partial charge >= 0.3 is 0 Å². The van der Waals surface area contributed by atoms with Gasteiger partial charge in [-0.25, -0.2) is 0 Å². The summed E-state index contributed by atoms with van der Waals surface area (Å²) >= 11 is 0. The van der Waals surface area contributed by atoms with Crippen molar-refractivity contribution in [2.24, 2.45) is 0 Å². The first-order chi connectivity index (χ1) is 9.30. The van der Waals surface area contributed by atoms with Gasteiger partial charge in [0.15, 0.2) is 18.9 Å². The van der Waals surface area contributed by atoms with E-state index in [1.54, 1.807) is 24.3 Å². The maximum Gasteiger partial charge on any atom is 0.154 e. The van der Waals surface area contributed by atoms with Gasteiger partial charge in [0.05, 0.1) is 5.56 Å². The summed E-state index contributed by atoms with van der Waals surface area (Å²) in [5.41, 5.74) is 0.277. The smallest absolute Gasteiger partial charge is 0.154 e. The molecule has 0 radical (unpaired) electrons. The molecule has 0 bridgehead atoms. The highest BCUT2D eigenvalue weighted by Crippen LogP contribution is 2.27. The molecule has 4 heteroatoms. The first kappa shape index (κ1) is 12.7. The van der Waals surface area contributed by atoms with Crippen LogP contribution in [0.4, 0.5) is 0 Å². The van der Waals surface area contributed by atoms with E-state index >= 15 is 0 Å². The van der Waals surface area contributed by atoms with Crippen molar-refractivity contribution in [3.63, 3.8) is 0 Å². The van der Waals surface area contributed by atoms with E-state index in [2.05, 4.69) is 0 Å². The van der Waals surface area contributed by atoms with Crippen molar-refractivity contribution in [2.75, 3.05) is 0 Å². The molecule has 0 atom stereocenters. The molecule has 0 aliphatic carbocycles. The number of benzene rings is 2. The van der Waals surface area contributed by atoms with Crippen LogP contribution in [-0.4, -0.2) is 18.9 Å². The zero-order valence-corrected chi connectivity index (χ0v) is 9.91. The Labute approximate surface area is 109 Å². The fraction of sp³-hybridized carbons (Fsp3) is 0. The van der Waals surface area contributed by atoms with Crippen molar-refractivity contribution in [3.8, 4) is 11.5 Å². The van der Waals surface area contributed by atoms with Gasteiger partial charge < -0.3 is 4.74 Å². The average Bonchev–Trinajstić information content (AvgIpc) is 2.47. The molecule has 0 unspecified atom stereocenters. The molecule has 0 aliphatic rings. The lowest BCUT2D eigenvalue weighted by atomic mass is 10.0. The Hall–Kier alpha value is -2.75. The zero-order valence-electron chi connectivity index (χ0n) is 9.91. The molecule has 94 valence electrons. The summed E-state index contributed by atoms with van der Waals surface area (Å²) in [6, 6.07) is 11.8. The van der Waals surface area contributed by atoms with Crippen LogP contribution >= 0.6 is 0 Å². The van der Waals surface area contributed by atoms with Gasteiger partial charge in [-0.1, -0.05) is 18.2 Å². The molecule has 19 heavy (non-hydrogen) atoms. The van der Waals surface area contributed by atoms with Crippen molar-refractivity contribution >= 4 is 18.9 Å². The molecule has 0 saturated heterocycles. The summed E-state index contributed by atoms with van der Waals surface area (Å²) in [5, 5.41) is 0. The van der Waals surface area contributed by atoms with Crippen LogP contribution in [0.5, 0.6) is 11.5 Å². The van der Waals surface area contributed by atoms with E-state index in [0.29, 0.717) is 24.6 Å². The predicted octanol–water partition coefficient (Wildman–Crippen LogP) is 2.92. The van der Waals surface area contributed by atoms with E-state index in [4.69, 9.17) is 4.74 Å². The number of hydrogen-bond acceptors (Lipinski definition) is 4. The molecule has 0 aliphatic heterocycles. The van der Waals surface area contributed by atoms with E-state index < -0.39 is 0 Å². The Morgan fingerprint density at radius 2 is 1.42 bits per heavy atom. The lowest BCUT2D eigenvalue weighted by molar-refractivity contribution is 0.108. The molecular weight excluding hydrogens is 244 g/mol. The van der Waals surface area contributed by atoms with Crippen molar-refractivity contribution in [1.82, 2.24) is 0 Å². The third kappa shape index (κ3) is 2.57. The monoisotopic (exact) mass is 254 g/mol. The number of para-hydroxylation sites is 1. The Morgan fingerprint density at radius 1 is 0.737 bits per heavy atom. The molecule has 2 aromatic carbocycles. The minimum atomic E-state index is 0.0402. The Kier molecular flexibility index (Phi) is 3.83. The Morgan fingerprint density at radius 3 is 2.00 bits per heavy atom. The van der Waals surface area contributed by atoms with Crippen LogP contribution in [0.3, 0.4) is 0 Å². The summed E-state index contributed by atoms with van der Waals surface area (Å²) in [4.78, 5) is 32.9. The fourth-order valence-corrected chi connectivity index (χ4v) is 1.69. The molecule has 0 fully saturated rings. The molecule has 0 saturated carbocycles. The number of hydrogen-bond donors (Lipinski definition) is 0. The van der Waals surface area contributed by atoms with Gasteiger partial charge in [-0.3, -0.25) is 14.4 Å². The summed E-state index contributed by atoms with van der Waals surface area (Å²) in [7, 11) is 0. The van der Waals surface area contributed by atoms with E-state index in [1.807, 2.05) is 6.07 Å². The van der Waals surface area contributed by atoms with Gasteiger partial charge in [-0.2, -0.15) is 0 Å². The van der Waals surface area contributed by atoms with Crippen LogP contribution in [0.1, 0.15) is 31.1 Å². The quantitative estimate of drug-likeness (QED) is 0.770. The summed E-state index contributed by atoms with van der Waals surface area (Å²) in [6.07, 6.45) is 1.52. The number of ether oxygens (including phenoxy) is 1. The lowest BCUT2D eigenvalue weighted by Crippen LogP contribution is -2.00. The topological polar surface area (TPSA) is 60.4 Å². The highest BCUT2D eigenvalue weighted by Gasteiger charge is 2.13. The summed E-state index contributed by atoms with van der Waals surface area (Å²) in [5.74, 6) is 0.787. The third-order valence-electron chi connectivity index (χ3n) is 2.61. The minimum absolute atomic E-state index is 0.0402. The van der Waals surface area contributed by atoms with Gasteiger partial charge in [-0.05, 0) is 24.3 Å². The van der Waals surface area contributed by atoms with E-state index in [9.17, 15) is 14.4 Å². The van der Waals surface area contributed by atoms with E-state index in [0.717, 1.165) is 0 Å². The first-order valence-corrected chi connectivity index (χ1v) is 5.55. The van der Waals surface area contributed by atoms with Gasteiger partial charge in [0.25, 0.3) is 0 Å². The maximum atomic E-state index is 11.1. The maximum absolute atomic E-state index is 11.1. The van der Waals surface area contributed by atoms with Gasteiger partial charge in [0.2, 0.25) is 0 Å². The van der Waals surface area contributed by atoms with E-state index in [1.165, 1.54) is 12.1 Å². The van der Waals surface area contributed by atoms with E-state index in [-0.39, 0.29) is 22.4 Å². The number of carbonyl (C=O) groups is 3. The van der Waals surface area contributed by atoms with Crippen LogP contribution in [0.2, 0.25) is 0 Å². The Bertz CT molecular complexity index is 618. The van der Waals surface area contributed by atoms with Gasteiger partial charge in [-0.15, -0.1) is 0 Å². The van der Waals surface area contributed by atoms with Gasteiger partial charge in [0, 0.05) is 11.1 Å². The van der Waals surface area contributed by atoms with Crippen LogP contribution in [-0.2, 0) is 0 Å². The molecule has 2 rings (SSSR count). The van der Waals surface area contributed by atoms with Crippen LogP contribution in [0.15, 0.2) is 42.5 Å². The largest absolute Gasteiger partial charge is 0.457 e. The van der Waals surface area contributed by atoms with Crippen LogP contribution in [0, 0.1) is 0 Å². The van der Waals surface area contributed by atoms with Crippen molar-refractivity contribution in [2.45, 2.75) is 0 Å². The summed E-state index contributed by atoms with van der Waals surface area (Å²) < 4.78 is 5.54. The second-order valence-electron chi connectivity index (χ2n) is 3.75. The van der Waals surface area contributed by atoms with Crippen molar-refractivity contribution in [1.29, 1.82) is 0 Å². The van der Waals surface area contributed by atoms with Crippen LogP contribution < -0.4 is 4.74 Å². The Balaban J connectivity index is 2.49. The molecule has 0 amide bonds. The second kappa shape index (κ2) is 5.73. The molecule has 2 aromatic rings. The number of rotatable bonds is 5. The lowest BCUT2D eigenvalue weighted by Gasteiger charge is -2.10. The SMILES string of the molecule is O=Cc1ccc(Oc2ccccc2)c(C=O)c1C=O. The number of carbonyl (C=O) groups excluding carboxylic acids is 3. The summed E-state index contributed by atoms with van der Waals surface area (Å²) in [6.45, 7) is 0. The van der Waals surface area contributed by atoms with Crippen molar-refractivity contribution in [3.05, 3.63) is 59.2 Å². The molecular formula is C15H10O4.